The number of hydrogen-bond acceptors (Lipinski definition) is 4. The zero-order chi connectivity index (χ0) is 17.8. The number of rotatable bonds is 4. The van der Waals surface area contributed by atoms with Crippen LogP contribution in [0.1, 0.15) is 62.2 Å². The molecule has 1 saturated carbocycles. The first-order valence-electron chi connectivity index (χ1n) is 9.04. The summed E-state index contributed by atoms with van der Waals surface area (Å²) in [6.45, 7) is 2.41. The maximum Gasteiger partial charge on any atom is 0.329 e. The van der Waals surface area contributed by atoms with Crippen LogP contribution in [0.3, 0.4) is 0 Å². The molecule has 7 heteroatoms. The minimum Gasteiger partial charge on any atom is -0.349 e. The Labute approximate surface area is 145 Å². The Morgan fingerprint density at radius 2 is 2.00 bits per heavy atom. The van der Waals surface area contributed by atoms with Gasteiger partial charge in [0, 0.05) is 18.8 Å². The molecule has 0 saturated heterocycles. The molecular formula is C18H24N4O3. The number of aromatic amines is 1. The molecule has 0 radical (unpaired) electrons. The van der Waals surface area contributed by atoms with Crippen LogP contribution in [-0.2, 0) is 6.54 Å². The van der Waals surface area contributed by atoms with Crippen LogP contribution in [0, 0.1) is 0 Å². The number of nitrogens with one attached hydrogen (secondary N) is 2. The van der Waals surface area contributed by atoms with Crippen LogP contribution >= 0.6 is 0 Å². The Morgan fingerprint density at radius 1 is 1.28 bits per heavy atom. The van der Waals surface area contributed by atoms with Crippen molar-refractivity contribution < 1.29 is 4.79 Å². The van der Waals surface area contributed by atoms with E-state index in [1.165, 1.54) is 29.7 Å². The Bertz CT molecular complexity index is 876. The van der Waals surface area contributed by atoms with E-state index < -0.39 is 11.2 Å². The molecule has 3 rings (SSSR count). The van der Waals surface area contributed by atoms with E-state index in [2.05, 4.69) is 15.3 Å². The average Bonchev–Trinajstić information content (AvgIpc) is 2.87. The average molecular weight is 344 g/mol. The van der Waals surface area contributed by atoms with Crippen molar-refractivity contribution in [2.45, 2.75) is 64.5 Å². The van der Waals surface area contributed by atoms with Crippen LogP contribution in [0.15, 0.2) is 21.9 Å². The first kappa shape index (κ1) is 17.4. The van der Waals surface area contributed by atoms with Gasteiger partial charge in [0.2, 0.25) is 0 Å². The SMILES string of the molecule is CCCn1c(=O)[nH]c(=O)c2cc(C(=O)NC3CCCCCC3)cnc21. The summed E-state index contributed by atoms with van der Waals surface area (Å²) < 4.78 is 1.43. The van der Waals surface area contributed by atoms with Crippen LogP contribution in [0.25, 0.3) is 11.0 Å². The third kappa shape index (κ3) is 3.81. The molecule has 2 aromatic rings. The maximum absolute atomic E-state index is 12.5. The lowest BCUT2D eigenvalue weighted by Crippen LogP contribution is -2.35. The lowest BCUT2D eigenvalue weighted by atomic mass is 10.1. The van der Waals surface area contributed by atoms with Gasteiger partial charge in [-0.2, -0.15) is 0 Å². The molecule has 0 aliphatic heterocycles. The van der Waals surface area contributed by atoms with Crippen LogP contribution in [0.5, 0.6) is 0 Å². The first-order chi connectivity index (χ1) is 12.1. The number of amides is 1. The van der Waals surface area contributed by atoms with Crippen molar-refractivity contribution in [1.82, 2.24) is 19.9 Å². The van der Waals surface area contributed by atoms with E-state index in [1.807, 2.05) is 6.92 Å². The van der Waals surface area contributed by atoms with E-state index in [1.54, 1.807) is 0 Å². The van der Waals surface area contributed by atoms with Crippen molar-refractivity contribution in [2.24, 2.45) is 0 Å². The van der Waals surface area contributed by atoms with E-state index >= 15 is 0 Å². The molecule has 0 atom stereocenters. The predicted molar refractivity (Wildman–Crippen MR) is 95.9 cm³/mol. The van der Waals surface area contributed by atoms with Crippen molar-refractivity contribution in [3.63, 3.8) is 0 Å². The zero-order valence-electron chi connectivity index (χ0n) is 14.5. The van der Waals surface area contributed by atoms with Crippen molar-refractivity contribution in [2.75, 3.05) is 0 Å². The lowest BCUT2D eigenvalue weighted by molar-refractivity contribution is 0.0933. The fourth-order valence-corrected chi connectivity index (χ4v) is 3.42. The highest BCUT2D eigenvalue weighted by Crippen LogP contribution is 2.18. The van der Waals surface area contributed by atoms with E-state index in [0.29, 0.717) is 17.8 Å². The van der Waals surface area contributed by atoms with E-state index in [0.717, 1.165) is 32.1 Å². The van der Waals surface area contributed by atoms with Crippen molar-refractivity contribution >= 4 is 16.9 Å². The molecule has 2 heterocycles. The fourth-order valence-electron chi connectivity index (χ4n) is 3.42. The summed E-state index contributed by atoms with van der Waals surface area (Å²) in [5.74, 6) is -0.214. The molecule has 0 aromatic carbocycles. The monoisotopic (exact) mass is 344 g/mol. The van der Waals surface area contributed by atoms with Crippen LogP contribution in [0.4, 0.5) is 0 Å². The smallest absolute Gasteiger partial charge is 0.329 e. The van der Waals surface area contributed by atoms with Gasteiger partial charge in [-0.05, 0) is 25.3 Å². The number of carbonyl (C=O) groups is 1. The van der Waals surface area contributed by atoms with E-state index in [4.69, 9.17) is 0 Å². The number of aromatic nitrogens is 3. The third-order valence-electron chi connectivity index (χ3n) is 4.73. The van der Waals surface area contributed by atoms with E-state index in [9.17, 15) is 14.4 Å². The highest BCUT2D eigenvalue weighted by atomic mass is 16.2. The normalized spacial score (nSPS) is 15.9. The summed E-state index contributed by atoms with van der Waals surface area (Å²) in [7, 11) is 0. The minimum atomic E-state index is -0.510. The molecule has 2 N–H and O–H groups in total. The maximum atomic E-state index is 12.5. The van der Waals surface area contributed by atoms with Crippen LogP contribution in [-0.4, -0.2) is 26.5 Å². The van der Waals surface area contributed by atoms with Gasteiger partial charge in [0.1, 0.15) is 5.65 Å². The Hall–Kier alpha value is -2.44. The molecule has 2 aromatic heterocycles. The van der Waals surface area contributed by atoms with Crippen molar-refractivity contribution in [3.05, 3.63) is 38.7 Å². The summed E-state index contributed by atoms with van der Waals surface area (Å²) in [6, 6.07) is 1.71. The number of H-pyrrole nitrogens is 1. The molecule has 1 aliphatic carbocycles. The Kier molecular flexibility index (Phi) is 5.31. The number of fused-ring (bicyclic) bond motifs is 1. The van der Waals surface area contributed by atoms with Gasteiger partial charge < -0.3 is 5.32 Å². The number of hydrogen-bond donors (Lipinski definition) is 2. The fraction of sp³-hybridized carbons (Fsp3) is 0.556. The van der Waals surface area contributed by atoms with Gasteiger partial charge in [-0.25, -0.2) is 9.78 Å². The van der Waals surface area contributed by atoms with Gasteiger partial charge in [0.05, 0.1) is 10.9 Å². The standard InChI is InChI=1S/C18H24N4O3/c1-2-9-22-15-14(17(24)21-18(22)25)10-12(11-19-15)16(23)20-13-7-5-3-4-6-8-13/h10-11,13H,2-9H2,1H3,(H,20,23)(H,21,24,25). The van der Waals surface area contributed by atoms with Crippen molar-refractivity contribution in [1.29, 1.82) is 0 Å². The Balaban J connectivity index is 1.91. The quantitative estimate of drug-likeness (QED) is 0.829. The second kappa shape index (κ2) is 7.63. The molecule has 1 amide bonds. The first-order valence-corrected chi connectivity index (χ1v) is 9.04. The van der Waals surface area contributed by atoms with Crippen LogP contribution < -0.4 is 16.6 Å². The summed E-state index contributed by atoms with van der Waals surface area (Å²) in [4.78, 5) is 43.1. The largest absolute Gasteiger partial charge is 0.349 e. The van der Waals surface area contributed by atoms with Gasteiger partial charge in [-0.3, -0.25) is 19.1 Å². The zero-order valence-corrected chi connectivity index (χ0v) is 14.5. The predicted octanol–water partition coefficient (Wildman–Crippen LogP) is 1.95. The van der Waals surface area contributed by atoms with Gasteiger partial charge in [0.25, 0.3) is 11.5 Å². The highest BCUT2D eigenvalue weighted by Gasteiger charge is 2.17. The molecular weight excluding hydrogens is 320 g/mol. The summed E-state index contributed by atoms with van der Waals surface area (Å²) in [5.41, 5.74) is -0.308. The van der Waals surface area contributed by atoms with Gasteiger partial charge >= 0.3 is 5.69 Å². The molecule has 0 bridgehead atoms. The summed E-state index contributed by atoms with van der Waals surface area (Å²) in [5, 5.41) is 3.32. The molecule has 0 unspecified atom stereocenters. The molecule has 1 aliphatic rings. The molecule has 25 heavy (non-hydrogen) atoms. The van der Waals surface area contributed by atoms with Gasteiger partial charge in [-0.15, -0.1) is 0 Å². The number of carbonyl (C=O) groups excluding carboxylic acids is 1. The minimum absolute atomic E-state index is 0.179. The topological polar surface area (TPSA) is 96.9 Å². The lowest BCUT2D eigenvalue weighted by Gasteiger charge is -2.16. The molecule has 134 valence electrons. The second-order valence-corrected chi connectivity index (χ2v) is 6.67. The Morgan fingerprint density at radius 3 is 2.68 bits per heavy atom. The second-order valence-electron chi connectivity index (χ2n) is 6.67. The van der Waals surface area contributed by atoms with Gasteiger partial charge in [-0.1, -0.05) is 32.6 Å². The molecule has 7 nitrogen and oxygen atoms in total. The molecule has 1 fully saturated rings. The highest BCUT2D eigenvalue weighted by molar-refractivity contribution is 5.96. The summed E-state index contributed by atoms with van der Waals surface area (Å²) >= 11 is 0. The number of pyridine rings is 1. The summed E-state index contributed by atoms with van der Waals surface area (Å²) in [6.07, 6.45) is 8.86. The third-order valence-corrected chi connectivity index (χ3v) is 4.73. The van der Waals surface area contributed by atoms with Gasteiger partial charge in [0.15, 0.2) is 0 Å². The number of nitrogens with zero attached hydrogens (tertiary/aromatic N) is 2. The van der Waals surface area contributed by atoms with Crippen LogP contribution in [0.2, 0.25) is 0 Å². The molecule has 0 spiro atoms. The number of aryl methyl sites for hydroxylation is 1. The van der Waals surface area contributed by atoms with E-state index in [-0.39, 0.29) is 17.3 Å². The van der Waals surface area contributed by atoms with Crippen molar-refractivity contribution in [3.8, 4) is 0 Å².